The molecule has 0 N–H and O–H groups in total. The van der Waals surface area contributed by atoms with Crippen molar-refractivity contribution in [1.29, 1.82) is 0 Å². The van der Waals surface area contributed by atoms with Gasteiger partial charge in [0.25, 0.3) is 0 Å². The number of anilines is 1. The number of allylic oxidation sites excluding steroid dienone is 1. The number of rotatable bonds is 4. The maximum Gasteiger partial charge on any atom is 0.151 e. The van der Waals surface area contributed by atoms with Crippen LogP contribution in [0.3, 0.4) is 0 Å². The average molecular weight is 396 g/mol. The zero-order chi connectivity index (χ0) is 20.4. The molecule has 0 unspecified atom stereocenters. The molecule has 1 atom stereocenters. The standard InChI is InChI=1S/C23H16F4N2/c24-17-6-1-15(2-7-17)3-11-20-14-23(16-4-8-18(25)9-5-16)29(28-20)22-12-10-19(26)13-21(22)27/h1-13,23H,14H2/b11-3+/t23-/m0/s1. The van der Waals surface area contributed by atoms with E-state index in [0.717, 1.165) is 17.2 Å². The minimum atomic E-state index is -0.732. The SMILES string of the molecule is Fc1ccc(/C=C/C2=NN(c3ccc(F)cc3F)[C@H](c3ccc(F)cc3)C2)cc1. The van der Waals surface area contributed by atoms with Gasteiger partial charge in [0.2, 0.25) is 0 Å². The van der Waals surface area contributed by atoms with Crippen molar-refractivity contribution in [3.8, 4) is 0 Å². The van der Waals surface area contributed by atoms with Crippen molar-refractivity contribution in [2.75, 3.05) is 5.01 Å². The van der Waals surface area contributed by atoms with Gasteiger partial charge in [0.1, 0.15) is 17.5 Å². The van der Waals surface area contributed by atoms with E-state index in [1.165, 1.54) is 41.4 Å². The third kappa shape index (κ3) is 4.21. The predicted octanol–water partition coefficient (Wildman–Crippen LogP) is 6.26. The third-order valence-electron chi connectivity index (χ3n) is 4.68. The predicted molar refractivity (Wildman–Crippen MR) is 105 cm³/mol. The van der Waals surface area contributed by atoms with Gasteiger partial charge in [-0.05, 0) is 53.6 Å². The fourth-order valence-corrected chi connectivity index (χ4v) is 3.23. The van der Waals surface area contributed by atoms with E-state index in [0.29, 0.717) is 12.1 Å². The Bertz CT molecular complexity index is 1070. The van der Waals surface area contributed by atoms with E-state index in [9.17, 15) is 17.6 Å². The maximum absolute atomic E-state index is 14.4. The molecule has 146 valence electrons. The van der Waals surface area contributed by atoms with Crippen molar-refractivity contribution in [3.63, 3.8) is 0 Å². The fourth-order valence-electron chi connectivity index (χ4n) is 3.23. The van der Waals surface area contributed by atoms with E-state index in [1.807, 2.05) is 0 Å². The largest absolute Gasteiger partial charge is 0.254 e. The normalized spacial score (nSPS) is 16.5. The first kappa shape index (κ1) is 18.9. The van der Waals surface area contributed by atoms with Crippen LogP contribution in [0.5, 0.6) is 0 Å². The molecule has 3 aromatic carbocycles. The summed E-state index contributed by atoms with van der Waals surface area (Å²) < 4.78 is 54.1. The van der Waals surface area contributed by atoms with Gasteiger partial charge < -0.3 is 0 Å². The summed E-state index contributed by atoms with van der Waals surface area (Å²) in [5, 5.41) is 5.97. The lowest BCUT2D eigenvalue weighted by molar-refractivity contribution is 0.572. The average Bonchev–Trinajstić information content (AvgIpc) is 3.12. The summed E-state index contributed by atoms with van der Waals surface area (Å²) in [5.41, 5.74) is 2.33. The molecule has 0 aliphatic carbocycles. The molecule has 29 heavy (non-hydrogen) atoms. The number of nitrogens with zero attached hydrogens (tertiary/aromatic N) is 2. The van der Waals surface area contributed by atoms with Crippen LogP contribution in [-0.2, 0) is 0 Å². The molecular formula is C23H16F4N2. The summed E-state index contributed by atoms with van der Waals surface area (Å²) >= 11 is 0. The van der Waals surface area contributed by atoms with E-state index in [2.05, 4.69) is 5.10 Å². The van der Waals surface area contributed by atoms with Gasteiger partial charge in [-0.1, -0.05) is 30.3 Å². The topological polar surface area (TPSA) is 15.6 Å². The zero-order valence-corrected chi connectivity index (χ0v) is 15.2. The monoisotopic (exact) mass is 396 g/mol. The smallest absolute Gasteiger partial charge is 0.151 e. The van der Waals surface area contributed by atoms with Gasteiger partial charge in [0.15, 0.2) is 5.82 Å². The Balaban J connectivity index is 1.68. The highest BCUT2D eigenvalue weighted by molar-refractivity contribution is 6.01. The molecule has 0 saturated heterocycles. The molecule has 1 aliphatic heterocycles. The molecule has 0 fully saturated rings. The summed E-state index contributed by atoms with van der Waals surface area (Å²) in [6.07, 6.45) is 4.00. The van der Waals surface area contributed by atoms with E-state index in [-0.39, 0.29) is 23.4 Å². The van der Waals surface area contributed by atoms with E-state index in [4.69, 9.17) is 0 Å². The molecular weight excluding hydrogens is 380 g/mol. The van der Waals surface area contributed by atoms with Crippen molar-refractivity contribution in [2.45, 2.75) is 12.5 Å². The van der Waals surface area contributed by atoms with Crippen LogP contribution >= 0.6 is 0 Å². The van der Waals surface area contributed by atoms with Crippen LogP contribution in [0.1, 0.15) is 23.6 Å². The number of hydrogen-bond donors (Lipinski definition) is 0. The van der Waals surface area contributed by atoms with Crippen LogP contribution in [0.4, 0.5) is 23.2 Å². The van der Waals surface area contributed by atoms with Crippen molar-refractivity contribution >= 4 is 17.5 Å². The summed E-state index contributed by atoms with van der Waals surface area (Å²) in [6.45, 7) is 0. The number of hydrazone groups is 1. The van der Waals surface area contributed by atoms with Crippen molar-refractivity contribution in [2.24, 2.45) is 5.10 Å². The van der Waals surface area contributed by atoms with Crippen LogP contribution in [0.15, 0.2) is 77.9 Å². The van der Waals surface area contributed by atoms with Crippen molar-refractivity contribution < 1.29 is 17.6 Å². The van der Waals surface area contributed by atoms with E-state index >= 15 is 0 Å². The molecule has 6 heteroatoms. The van der Waals surface area contributed by atoms with Crippen LogP contribution in [0.2, 0.25) is 0 Å². The lowest BCUT2D eigenvalue weighted by atomic mass is 10.0. The van der Waals surface area contributed by atoms with Gasteiger partial charge in [-0.25, -0.2) is 17.6 Å². The zero-order valence-electron chi connectivity index (χ0n) is 15.2. The molecule has 0 saturated carbocycles. The summed E-state index contributed by atoms with van der Waals surface area (Å²) in [4.78, 5) is 0. The molecule has 1 aliphatic rings. The van der Waals surface area contributed by atoms with Crippen LogP contribution < -0.4 is 5.01 Å². The Hall–Kier alpha value is -3.41. The summed E-state index contributed by atoms with van der Waals surface area (Å²) in [7, 11) is 0. The maximum atomic E-state index is 14.4. The Labute approximate surface area is 165 Å². The number of hydrogen-bond acceptors (Lipinski definition) is 2. The van der Waals surface area contributed by atoms with Crippen LogP contribution in [0.25, 0.3) is 6.08 Å². The second-order valence-electron chi connectivity index (χ2n) is 6.69. The second kappa shape index (κ2) is 7.91. The van der Waals surface area contributed by atoms with Crippen LogP contribution in [-0.4, -0.2) is 5.71 Å². The molecule has 0 aromatic heterocycles. The first-order chi connectivity index (χ1) is 14.0. The molecule has 3 aromatic rings. The number of benzene rings is 3. The quantitative estimate of drug-likeness (QED) is 0.475. The van der Waals surface area contributed by atoms with E-state index in [1.54, 1.807) is 36.4 Å². The number of halogens is 4. The third-order valence-corrected chi connectivity index (χ3v) is 4.68. The van der Waals surface area contributed by atoms with Crippen molar-refractivity contribution in [3.05, 3.63) is 107 Å². The van der Waals surface area contributed by atoms with Gasteiger partial charge in [-0.2, -0.15) is 5.10 Å². The molecule has 4 rings (SSSR count). The Morgan fingerprint density at radius 1 is 0.759 bits per heavy atom. The van der Waals surface area contributed by atoms with Crippen molar-refractivity contribution in [1.82, 2.24) is 0 Å². The van der Waals surface area contributed by atoms with Gasteiger partial charge in [-0.3, -0.25) is 5.01 Å². The Kier molecular flexibility index (Phi) is 5.16. The highest BCUT2D eigenvalue weighted by Crippen LogP contribution is 2.37. The summed E-state index contributed by atoms with van der Waals surface area (Å²) in [5.74, 6) is -2.10. The minimum Gasteiger partial charge on any atom is -0.254 e. The highest BCUT2D eigenvalue weighted by Gasteiger charge is 2.30. The first-order valence-corrected chi connectivity index (χ1v) is 9.00. The Morgan fingerprint density at radius 3 is 2.03 bits per heavy atom. The molecule has 0 amide bonds. The van der Waals surface area contributed by atoms with Gasteiger partial charge in [-0.15, -0.1) is 0 Å². The van der Waals surface area contributed by atoms with Crippen LogP contribution in [0, 0.1) is 23.3 Å². The van der Waals surface area contributed by atoms with E-state index < -0.39 is 11.6 Å². The molecule has 0 bridgehead atoms. The van der Waals surface area contributed by atoms with Gasteiger partial charge >= 0.3 is 0 Å². The minimum absolute atomic E-state index is 0.130. The Morgan fingerprint density at radius 2 is 1.38 bits per heavy atom. The molecule has 2 nitrogen and oxygen atoms in total. The fraction of sp³-hybridized carbons (Fsp3) is 0.0870. The lowest BCUT2D eigenvalue weighted by Gasteiger charge is -2.24. The molecule has 0 radical (unpaired) electrons. The first-order valence-electron chi connectivity index (χ1n) is 9.00. The second-order valence-corrected chi connectivity index (χ2v) is 6.69. The summed E-state index contributed by atoms with van der Waals surface area (Å²) in [6, 6.07) is 14.8. The highest BCUT2D eigenvalue weighted by atomic mass is 19.1. The molecule has 1 heterocycles. The molecule has 0 spiro atoms. The van der Waals surface area contributed by atoms with Gasteiger partial charge in [0, 0.05) is 12.5 Å². The van der Waals surface area contributed by atoms with Gasteiger partial charge in [0.05, 0.1) is 17.4 Å². The lowest BCUT2D eigenvalue weighted by Crippen LogP contribution is -2.19.